The first-order chi connectivity index (χ1) is 14.0. The van der Waals surface area contributed by atoms with E-state index in [9.17, 15) is 9.59 Å². The summed E-state index contributed by atoms with van der Waals surface area (Å²) in [4.78, 5) is 24.0. The third-order valence-corrected chi connectivity index (χ3v) is 6.00. The summed E-state index contributed by atoms with van der Waals surface area (Å²) in [5.41, 5.74) is 2.10. The number of ether oxygens (including phenoxy) is 4. The fourth-order valence-electron chi connectivity index (χ4n) is 4.56. The van der Waals surface area contributed by atoms with Gasteiger partial charge >= 0.3 is 11.9 Å². The van der Waals surface area contributed by atoms with Gasteiger partial charge < -0.3 is 23.5 Å². The van der Waals surface area contributed by atoms with Crippen molar-refractivity contribution in [1.82, 2.24) is 4.57 Å². The van der Waals surface area contributed by atoms with Gasteiger partial charge in [0.2, 0.25) is 0 Å². The number of carbonyl (C=O) groups is 2. The molecule has 156 valence electrons. The number of aromatic nitrogens is 1. The molecule has 0 N–H and O–H groups in total. The topological polar surface area (TPSA) is 76.0 Å². The number of fused-ring (bicyclic) bond motifs is 1. The normalized spacial score (nSPS) is 19.0. The van der Waals surface area contributed by atoms with E-state index in [0.717, 1.165) is 43.1 Å². The third-order valence-electron chi connectivity index (χ3n) is 6.00. The van der Waals surface area contributed by atoms with Crippen LogP contribution in [0.15, 0.2) is 24.3 Å². The lowest BCUT2D eigenvalue weighted by Gasteiger charge is -2.35. The maximum absolute atomic E-state index is 12.6. The molecule has 2 fully saturated rings. The summed E-state index contributed by atoms with van der Waals surface area (Å²) in [5.74, 6) is -0.775. The summed E-state index contributed by atoms with van der Waals surface area (Å²) in [7, 11) is 1.37. The Morgan fingerprint density at radius 3 is 2.52 bits per heavy atom. The SMILES string of the molecule is COC(=O)c1c(COC(C)=O)n(CC2CCC3(CC2)OCCO3)c2ccccc12. The van der Waals surface area contributed by atoms with Crippen molar-refractivity contribution in [3.63, 3.8) is 0 Å². The lowest BCUT2D eigenvalue weighted by Crippen LogP contribution is -2.36. The Bertz CT molecular complexity index is 901. The van der Waals surface area contributed by atoms with Crippen molar-refractivity contribution in [2.45, 2.75) is 51.5 Å². The van der Waals surface area contributed by atoms with E-state index in [1.165, 1.54) is 14.0 Å². The number of methoxy groups -OCH3 is 1. The zero-order valence-electron chi connectivity index (χ0n) is 16.9. The molecule has 1 aliphatic heterocycles. The van der Waals surface area contributed by atoms with Gasteiger partial charge in [-0.1, -0.05) is 18.2 Å². The molecule has 7 heteroatoms. The minimum absolute atomic E-state index is 0.0390. The number of rotatable bonds is 5. The molecular formula is C22H27NO6. The molecule has 1 aromatic carbocycles. The average molecular weight is 401 g/mol. The highest BCUT2D eigenvalue weighted by molar-refractivity contribution is 6.06. The molecule has 2 aliphatic rings. The highest BCUT2D eigenvalue weighted by Crippen LogP contribution is 2.40. The molecule has 1 aromatic heterocycles. The van der Waals surface area contributed by atoms with Crippen LogP contribution in [0.4, 0.5) is 0 Å². The van der Waals surface area contributed by atoms with Crippen LogP contribution < -0.4 is 0 Å². The second kappa shape index (κ2) is 8.16. The molecular weight excluding hydrogens is 374 g/mol. The molecule has 0 amide bonds. The monoisotopic (exact) mass is 401 g/mol. The Morgan fingerprint density at radius 2 is 1.86 bits per heavy atom. The van der Waals surface area contributed by atoms with Crippen LogP contribution in [0, 0.1) is 5.92 Å². The number of para-hydroxylation sites is 1. The Morgan fingerprint density at radius 1 is 1.17 bits per heavy atom. The summed E-state index contributed by atoms with van der Waals surface area (Å²) in [6.07, 6.45) is 3.71. The van der Waals surface area contributed by atoms with Gasteiger partial charge in [-0.15, -0.1) is 0 Å². The Kier molecular flexibility index (Phi) is 5.61. The molecule has 0 bridgehead atoms. The van der Waals surface area contributed by atoms with Crippen molar-refractivity contribution < 1.29 is 28.5 Å². The molecule has 2 aromatic rings. The molecule has 1 saturated carbocycles. The van der Waals surface area contributed by atoms with Gasteiger partial charge in [-0.2, -0.15) is 0 Å². The predicted octanol–water partition coefficient (Wildman–Crippen LogP) is 3.42. The first-order valence-corrected chi connectivity index (χ1v) is 10.1. The van der Waals surface area contributed by atoms with Gasteiger partial charge in [0, 0.05) is 37.2 Å². The standard InChI is InChI=1S/C22H27NO6/c1-15(24)27-14-19-20(21(25)26-2)17-5-3-4-6-18(17)23(19)13-16-7-9-22(10-8-16)28-11-12-29-22/h3-6,16H,7-14H2,1-2H3. The van der Waals surface area contributed by atoms with E-state index in [4.69, 9.17) is 18.9 Å². The van der Waals surface area contributed by atoms with Gasteiger partial charge in [0.25, 0.3) is 0 Å². The molecule has 1 saturated heterocycles. The molecule has 0 unspecified atom stereocenters. The first kappa shape index (κ1) is 19.9. The van der Waals surface area contributed by atoms with Crippen LogP contribution in [0.3, 0.4) is 0 Å². The van der Waals surface area contributed by atoms with Gasteiger partial charge in [-0.3, -0.25) is 4.79 Å². The Labute approximate surface area is 169 Å². The van der Waals surface area contributed by atoms with E-state index in [1.54, 1.807) is 0 Å². The molecule has 4 rings (SSSR count). The van der Waals surface area contributed by atoms with E-state index in [1.807, 2.05) is 24.3 Å². The molecule has 1 spiro atoms. The van der Waals surface area contributed by atoms with Crippen LogP contribution in [0.1, 0.15) is 48.7 Å². The third kappa shape index (κ3) is 3.89. The van der Waals surface area contributed by atoms with Gasteiger partial charge in [0.05, 0.1) is 31.6 Å². The lowest BCUT2D eigenvalue weighted by atomic mass is 9.85. The molecule has 2 heterocycles. The molecule has 0 radical (unpaired) electrons. The average Bonchev–Trinajstić information content (AvgIpc) is 3.30. The van der Waals surface area contributed by atoms with E-state index < -0.39 is 11.8 Å². The van der Waals surface area contributed by atoms with E-state index >= 15 is 0 Å². The summed E-state index contributed by atoms with van der Waals surface area (Å²) >= 11 is 0. The van der Waals surface area contributed by atoms with Crippen molar-refractivity contribution in [3.8, 4) is 0 Å². The number of nitrogens with zero attached hydrogens (tertiary/aromatic N) is 1. The van der Waals surface area contributed by atoms with Gasteiger partial charge in [-0.05, 0) is 24.8 Å². The highest BCUT2D eigenvalue weighted by Gasteiger charge is 2.40. The zero-order valence-corrected chi connectivity index (χ0v) is 16.9. The minimum Gasteiger partial charge on any atom is -0.465 e. The molecule has 29 heavy (non-hydrogen) atoms. The van der Waals surface area contributed by atoms with Crippen molar-refractivity contribution in [2.75, 3.05) is 20.3 Å². The molecule has 0 atom stereocenters. The molecule has 1 aliphatic carbocycles. The van der Waals surface area contributed by atoms with E-state index in [2.05, 4.69) is 4.57 Å². The summed E-state index contributed by atoms with van der Waals surface area (Å²) < 4.78 is 24.1. The summed E-state index contributed by atoms with van der Waals surface area (Å²) in [5, 5.41) is 0.816. The smallest absolute Gasteiger partial charge is 0.340 e. The van der Waals surface area contributed by atoms with Crippen molar-refractivity contribution >= 4 is 22.8 Å². The van der Waals surface area contributed by atoms with Gasteiger partial charge in [-0.25, -0.2) is 4.79 Å². The van der Waals surface area contributed by atoms with Crippen LogP contribution in [0.25, 0.3) is 10.9 Å². The fraction of sp³-hybridized carbons (Fsp3) is 0.545. The van der Waals surface area contributed by atoms with Crippen LogP contribution in [0.2, 0.25) is 0 Å². The number of benzene rings is 1. The number of hydrogen-bond donors (Lipinski definition) is 0. The number of carbonyl (C=O) groups excluding carboxylic acids is 2. The zero-order chi connectivity index (χ0) is 20.4. The quantitative estimate of drug-likeness (QED) is 0.715. The maximum Gasteiger partial charge on any atom is 0.340 e. The van der Waals surface area contributed by atoms with Crippen molar-refractivity contribution in [2.24, 2.45) is 5.92 Å². The number of hydrogen-bond acceptors (Lipinski definition) is 6. The molecule has 7 nitrogen and oxygen atoms in total. The fourth-order valence-corrected chi connectivity index (χ4v) is 4.56. The number of esters is 2. The van der Waals surface area contributed by atoms with E-state index in [0.29, 0.717) is 30.4 Å². The first-order valence-electron chi connectivity index (χ1n) is 10.1. The Hall–Kier alpha value is -2.38. The van der Waals surface area contributed by atoms with Crippen molar-refractivity contribution in [3.05, 3.63) is 35.5 Å². The van der Waals surface area contributed by atoms with Crippen LogP contribution >= 0.6 is 0 Å². The van der Waals surface area contributed by atoms with Crippen molar-refractivity contribution in [1.29, 1.82) is 0 Å². The second-order valence-electron chi connectivity index (χ2n) is 7.77. The maximum atomic E-state index is 12.6. The second-order valence-corrected chi connectivity index (χ2v) is 7.77. The van der Waals surface area contributed by atoms with Crippen LogP contribution in [0.5, 0.6) is 0 Å². The largest absolute Gasteiger partial charge is 0.465 e. The van der Waals surface area contributed by atoms with Crippen LogP contribution in [-0.2, 0) is 36.9 Å². The van der Waals surface area contributed by atoms with Crippen LogP contribution in [-0.4, -0.2) is 42.6 Å². The minimum atomic E-state index is -0.419. The van der Waals surface area contributed by atoms with Gasteiger partial charge in [0.15, 0.2) is 5.79 Å². The van der Waals surface area contributed by atoms with Gasteiger partial charge in [0.1, 0.15) is 6.61 Å². The predicted molar refractivity (Wildman–Crippen MR) is 105 cm³/mol. The highest BCUT2D eigenvalue weighted by atomic mass is 16.7. The van der Waals surface area contributed by atoms with E-state index in [-0.39, 0.29) is 12.6 Å². The Balaban J connectivity index is 1.66. The summed E-state index contributed by atoms with van der Waals surface area (Å²) in [6, 6.07) is 7.75. The lowest BCUT2D eigenvalue weighted by molar-refractivity contribution is -0.183. The summed E-state index contributed by atoms with van der Waals surface area (Å²) in [6.45, 7) is 3.48.